The maximum atomic E-state index is 12.7. The van der Waals surface area contributed by atoms with Gasteiger partial charge in [0.25, 0.3) is 5.56 Å². The van der Waals surface area contributed by atoms with E-state index in [1.54, 1.807) is 10.1 Å². The van der Waals surface area contributed by atoms with Crippen molar-refractivity contribution in [2.24, 2.45) is 0 Å². The molecular formula is C15H14N2O2S. The van der Waals surface area contributed by atoms with Crippen LogP contribution in [0.5, 0.6) is 5.75 Å². The molecule has 2 heterocycles. The fraction of sp³-hybridized carbons (Fsp3) is 0.200. The summed E-state index contributed by atoms with van der Waals surface area (Å²) in [6.07, 6.45) is 0. The third-order valence-electron chi connectivity index (χ3n) is 3.45. The number of aryl methyl sites for hydroxylation is 2. The average molecular weight is 286 g/mol. The van der Waals surface area contributed by atoms with Crippen LogP contribution < -0.4 is 5.56 Å². The lowest BCUT2D eigenvalue weighted by Gasteiger charge is -2.11. The second-order valence-corrected chi connectivity index (χ2v) is 5.45. The fourth-order valence-electron chi connectivity index (χ4n) is 2.43. The van der Waals surface area contributed by atoms with E-state index in [2.05, 4.69) is 4.98 Å². The maximum absolute atomic E-state index is 12.7. The van der Waals surface area contributed by atoms with Crippen LogP contribution >= 0.6 is 11.3 Å². The molecule has 0 saturated carbocycles. The van der Waals surface area contributed by atoms with Crippen molar-refractivity contribution in [2.75, 3.05) is 0 Å². The summed E-state index contributed by atoms with van der Waals surface area (Å²) in [5.41, 5.74) is 4.10. The van der Waals surface area contributed by atoms with Crippen molar-refractivity contribution < 1.29 is 5.11 Å². The van der Waals surface area contributed by atoms with E-state index >= 15 is 0 Å². The number of aromatic hydroxyl groups is 1. The number of thiazole rings is 1. The van der Waals surface area contributed by atoms with E-state index in [0.717, 1.165) is 11.1 Å². The zero-order chi connectivity index (χ0) is 14.3. The number of benzene rings is 1. The summed E-state index contributed by atoms with van der Waals surface area (Å²) >= 11 is 1.35. The van der Waals surface area contributed by atoms with Crippen molar-refractivity contribution in [1.29, 1.82) is 0 Å². The first-order chi connectivity index (χ1) is 9.65. The minimum atomic E-state index is -0.197. The lowest BCUT2D eigenvalue weighted by Crippen LogP contribution is -2.21. The number of aromatic nitrogens is 2. The van der Waals surface area contributed by atoms with Crippen LogP contribution in [0.2, 0.25) is 0 Å². The highest BCUT2D eigenvalue weighted by molar-refractivity contribution is 7.17. The molecule has 3 aromatic rings. The number of rotatable bonds is 2. The molecule has 0 bridgehead atoms. The van der Waals surface area contributed by atoms with Crippen LogP contribution in [0.1, 0.15) is 12.5 Å². The van der Waals surface area contributed by atoms with Crippen molar-refractivity contribution in [3.05, 3.63) is 45.7 Å². The van der Waals surface area contributed by atoms with Gasteiger partial charge in [-0.05, 0) is 25.0 Å². The Balaban J connectivity index is 2.48. The molecule has 0 aliphatic rings. The number of hydrogen-bond acceptors (Lipinski definition) is 4. The molecule has 0 aliphatic heterocycles. The van der Waals surface area contributed by atoms with Gasteiger partial charge in [0.05, 0.1) is 11.1 Å². The smallest absolute Gasteiger partial charge is 0.263 e. The molecule has 0 saturated heterocycles. The predicted molar refractivity (Wildman–Crippen MR) is 81.4 cm³/mol. The molecule has 2 aromatic heterocycles. The molecule has 1 N–H and O–H groups in total. The van der Waals surface area contributed by atoms with Crippen LogP contribution in [0.4, 0.5) is 0 Å². The lowest BCUT2D eigenvalue weighted by atomic mass is 10.0. The van der Waals surface area contributed by atoms with Gasteiger partial charge in [-0.15, -0.1) is 11.3 Å². The lowest BCUT2D eigenvalue weighted by molar-refractivity contribution is 0.482. The van der Waals surface area contributed by atoms with E-state index in [1.165, 1.54) is 11.3 Å². The Kier molecular flexibility index (Phi) is 3.06. The molecule has 0 radical (unpaired) electrons. The molecule has 5 heteroatoms. The Morgan fingerprint density at radius 2 is 2.10 bits per heavy atom. The second-order valence-electron chi connectivity index (χ2n) is 4.59. The molecule has 20 heavy (non-hydrogen) atoms. The van der Waals surface area contributed by atoms with Gasteiger partial charge in [-0.25, -0.2) is 4.98 Å². The van der Waals surface area contributed by atoms with Gasteiger partial charge in [0, 0.05) is 6.54 Å². The number of nitrogens with zero attached hydrogens (tertiary/aromatic N) is 2. The molecule has 1 aromatic carbocycles. The first-order valence-corrected chi connectivity index (χ1v) is 7.28. The minimum Gasteiger partial charge on any atom is -0.505 e. The van der Waals surface area contributed by atoms with Crippen LogP contribution in [-0.4, -0.2) is 14.7 Å². The summed E-state index contributed by atoms with van der Waals surface area (Å²) in [6, 6.07) is 7.58. The highest BCUT2D eigenvalue weighted by atomic mass is 32.1. The molecule has 4 nitrogen and oxygen atoms in total. The zero-order valence-corrected chi connectivity index (χ0v) is 12.1. The first-order valence-electron chi connectivity index (χ1n) is 6.40. The Morgan fingerprint density at radius 3 is 2.80 bits per heavy atom. The van der Waals surface area contributed by atoms with Gasteiger partial charge in [0.2, 0.25) is 0 Å². The van der Waals surface area contributed by atoms with Crippen LogP contribution in [0.25, 0.3) is 21.5 Å². The highest BCUT2D eigenvalue weighted by Crippen LogP contribution is 2.36. The molecule has 0 amide bonds. The van der Waals surface area contributed by atoms with E-state index in [0.29, 0.717) is 22.5 Å². The zero-order valence-electron chi connectivity index (χ0n) is 11.3. The van der Waals surface area contributed by atoms with Crippen molar-refractivity contribution >= 4 is 21.7 Å². The predicted octanol–water partition coefficient (Wildman–Crippen LogP) is 3.16. The van der Waals surface area contributed by atoms with E-state index in [4.69, 9.17) is 0 Å². The van der Waals surface area contributed by atoms with E-state index in [9.17, 15) is 9.90 Å². The fourth-order valence-corrected chi connectivity index (χ4v) is 3.17. The van der Waals surface area contributed by atoms with Crippen molar-refractivity contribution in [1.82, 2.24) is 9.55 Å². The molecule has 0 aliphatic carbocycles. The first kappa shape index (κ1) is 12.9. The standard InChI is InChI=1S/C15H14N2O2S/c1-3-17-14-13(20-8-16-14)12(18)11(15(17)19)10-7-5-4-6-9(10)2/h4-8,18H,3H2,1-2H3. The number of fused-ring (bicyclic) bond motifs is 1. The number of pyridine rings is 1. The normalized spacial score (nSPS) is 11.1. The topological polar surface area (TPSA) is 55.1 Å². The SMILES string of the molecule is CCn1c(=O)c(-c2ccccc2C)c(O)c2scnc21. The Morgan fingerprint density at radius 1 is 1.35 bits per heavy atom. The van der Waals surface area contributed by atoms with Crippen molar-refractivity contribution in [3.8, 4) is 16.9 Å². The van der Waals surface area contributed by atoms with Crippen LogP contribution in [-0.2, 0) is 6.54 Å². The van der Waals surface area contributed by atoms with Gasteiger partial charge in [-0.2, -0.15) is 0 Å². The Bertz CT molecular complexity index is 849. The summed E-state index contributed by atoms with van der Waals surface area (Å²) < 4.78 is 2.26. The van der Waals surface area contributed by atoms with Crippen molar-refractivity contribution in [2.45, 2.75) is 20.4 Å². The van der Waals surface area contributed by atoms with Gasteiger partial charge < -0.3 is 5.11 Å². The number of hydrogen-bond donors (Lipinski definition) is 1. The molecule has 0 unspecified atom stereocenters. The monoisotopic (exact) mass is 286 g/mol. The van der Waals surface area contributed by atoms with E-state index in [1.807, 2.05) is 38.1 Å². The van der Waals surface area contributed by atoms with E-state index in [-0.39, 0.29) is 11.3 Å². The Labute approximate surface area is 120 Å². The summed E-state index contributed by atoms with van der Waals surface area (Å²) in [4.78, 5) is 16.8. The van der Waals surface area contributed by atoms with Gasteiger partial charge in [-0.3, -0.25) is 9.36 Å². The third kappa shape index (κ3) is 1.74. The average Bonchev–Trinajstić information content (AvgIpc) is 2.91. The Hall–Kier alpha value is -2.14. The van der Waals surface area contributed by atoms with Gasteiger partial charge in [-0.1, -0.05) is 24.3 Å². The highest BCUT2D eigenvalue weighted by Gasteiger charge is 2.19. The second kappa shape index (κ2) is 4.76. The van der Waals surface area contributed by atoms with Crippen molar-refractivity contribution in [3.63, 3.8) is 0 Å². The van der Waals surface area contributed by atoms with Crippen LogP contribution in [0, 0.1) is 6.92 Å². The maximum Gasteiger partial charge on any atom is 0.263 e. The quantitative estimate of drug-likeness (QED) is 0.787. The van der Waals surface area contributed by atoms with Gasteiger partial charge in [0.1, 0.15) is 10.4 Å². The molecule has 3 rings (SSSR count). The summed E-state index contributed by atoms with van der Waals surface area (Å²) in [7, 11) is 0. The molecule has 0 spiro atoms. The summed E-state index contributed by atoms with van der Waals surface area (Å²) in [5.74, 6) is 0.0338. The molecule has 0 fully saturated rings. The summed E-state index contributed by atoms with van der Waals surface area (Å²) in [5, 5.41) is 10.5. The molecule has 102 valence electrons. The minimum absolute atomic E-state index is 0.0338. The third-order valence-corrected chi connectivity index (χ3v) is 4.27. The summed E-state index contributed by atoms with van der Waals surface area (Å²) in [6.45, 7) is 4.36. The molecular weight excluding hydrogens is 272 g/mol. The largest absolute Gasteiger partial charge is 0.505 e. The van der Waals surface area contributed by atoms with Gasteiger partial charge in [0.15, 0.2) is 5.65 Å². The van der Waals surface area contributed by atoms with Crippen LogP contribution in [0.15, 0.2) is 34.6 Å². The van der Waals surface area contributed by atoms with Gasteiger partial charge >= 0.3 is 0 Å². The molecule has 0 atom stereocenters. The van der Waals surface area contributed by atoms with E-state index < -0.39 is 0 Å². The van der Waals surface area contributed by atoms with Crippen LogP contribution in [0.3, 0.4) is 0 Å².